The lowest BCUT2D eigenvalue weighted by Gasteiger charge is -2.23. The molecule has 26 heavy (non-hydrogen) atoms. The van der Waals surface area contributed by atoms with Crippen LogP contribution < -0.4 is 15.5 Å². The first-order chi connectivity index (χ1) is 12.5. The van der Waals surface area contributed by atoms with Gasteiger partial charge in [0.1, 0.15) is 0 Å². The number of likely N-dealkylation sites (tertiary alicyclic amines) is 1. The molecule has 2 aliphatic heterocycles. The van der Waals surface area contributed by atoms with Crippen LogP contribution in [0.25, 0.3) is 0 Å². The maximum atomic E-state index is 12.4. The van der Waals surface area contributed by atoms with Crippen molar-refractivity contribution in [1.29, 1.82) is 0 Å². The third-order valence-corrected chi connectivity index (χ3v) is 5.67. The summed E-state index contributed by atoms with van der Waals surface area (Å²) < 4.78 is 0. The molecule has 0 radical (unpaired) electrons. The first-order valence-electron chi connectivity index (χ1n) is 9.64. The molecular weight excluding hydrogens is 328 g/mol. The largest absolute Gasteiger partial charge is 0.337 e. The molecule has 2 aliphatic rings. The first-order valence-corrected chi connectivity index (χ1v) is 9.64. The molecule has 0 aliphatic carbocycles. The number of amides is 3. The van der Waals surface area contributed by atoms with Crippen LogP contribution in [0.15, 0.2) is 18.2 Å². The number of hydrogen-bond acceptors (Lipinski definition) is 3. The van der Waals surface area contributed by atoms with E-state index in [4.69, 9.17) is 0 Å². The Morgan fingerprint density at radius 2 is 2.08 bits per heavy atom. The van der Waals surface area contributed by atoms with Crippen LogP contribution >= 0.6 is 0 Å². The Morgan fingerprint density at radius 1 is 1.27 bits per heavy atom. The van der Waals surface area contributed by atoms with E-state index in [1.54, 1.807) is 4.90 Å². The van der Waals surface area contributed by atoms with Gasteiger partial charge in [0.2, 0.25) is 5.91 Å². The van der Waals surface area contributed by atoms with Gasteiger partial charge in [-0.1, -0.05) is 13.0 Å². The van der Waals surface area contributed by atoms with Gasteiger partial charge in [-0.25, -0.2) is 4.79 Å². The molecule has 0 spiro atoms. The van der Waals surface area contributed by atoms with Gasteiger partial charge in [0.05, 0.1) is 6.04 Å². The number of urea groups is 1. The molecule has 142 valence electrons. The Balaban J connectivity index is 1.50. The van der Waals surface area contributed by atoms with E-state index in [2.05, 4.69) is 29.4 Å². The topological polar surface area (TPSA) is 64.7 Å². The highest BCUT2D eigenvalue weighted by Crippen LogP contribution is 2.24. The highest BCUT2D eigenvalue weighted by molar-refractivity contribution is 5.96. The van der Waals surface area contributed by atoms with Crippen LogP contribution in [-0.4, -0.2) is 55.1 Å². The lowest BCUT2D eigenvalue weighted by atomic mass is 10.1. The zero-order valence-corrected chi connectivity index (χ0v) is 16.0. The molecule has 2 heterocycles. The number of nitrogens with one attached hydrogen (secondary N) is 2. The quantitative estimate of drug-likeness (QED) is 0.848. The first kappa shape index (κ1) is 18.7. The Morgan fingerprint density at radius 3 is 2.81 bits per heavy atom. The fourth-order valence-corrected chi connectivity index (χ4v) is 3.94. The van der Waals surface area contributed by atoms with Crippen LogP contribution in [0, 0.1) is 13.8 Å². The average molecular weight is 358 g/mol. The molecule has 0 aromatic heterocycles. The second kappa shape index (κ2) is 8.08. The minimum absolute atomic E-state index is 0.0616. The molecule has 6 nitrogen and oxygen atoms in total. The molecule has 3 rings (SSSR count). The lowest BCUT2D eigenvalue weighted by Crippen LogP contribution is -2.47. The van der Waals surface area contributed by atoms with Crippen LogP contribution in [0.1, 0.15) is 37.3 Å². The Hall–Kier alpha value is -2.08. The Bertz CT molecular complexity index is 676. The van der Waals surface area contributed by atoms with E-state index >= 15 is 0 Å². The molecule has 0 unspecified atom stereocenters. The van der Waals surface area contributed by atoms with Crippen molar-refractivity contribution in [2.45, 2.75) is 52.1 Å². The van der Waals surface area contributed by atoms with Crippen LogP contribution in [0.4, 0.5) is 10.5 Å². The Labute approximate surface area is 155 Å². The minimum atomic E-state index is -0.173. The van der Waals surface area contributed by atoms with Gasteiger partial charge in [0.15, 0.2) is 0 Å². The van der Waals surface area contributed by atoms with E-state index in [9.17, 15) is 9.59 Å². The van der Waals surface area contributed by atoms with Crippen molar-refractivity contribution >= 4 is 17.6 Å². The van der Waals surface area contributed by atoms with E-state index in [1.807, 2.05) is 25.1 Å². The smallest absolute Gasteiger partial charge is 0.315 e. The average Bonchev–Trinajstić information content (AvgIpc) is 3.21. The summed E-state index contributed by atoms with van der Waals surface area (Å²) in [5, 5.41) is 5.94. The van der Waals surface area contributed by atoms with E-state index in [0.29, 0.717) is 25.6 Å². The summed E-state index contributed by atoms with van der Waals surface area (Å²) in [5.74, 6) is 0.0616. The van der Waals surface area contributed by atoms with Gasteiger partial charge in [-0.05, 0) is 63.0 Å². The van der Waals surface area contributed by atoms with Gasteiger partial charge in [-0.15, -0.1) is 0 Å². The van der Waals surface area contributed by atoms with Crippen molar-refractivity contribution in [2.24, 2.45) is 0 Å². The van der Waals surface area contributed by atoms with Crippen LogP contribution in [0.3, 0.4) is 0 Å². The second-order valence-electron chi connectivity index (χ2n) is 7.45. The number of aryl methyl sites for hydroxylation is 2. The molecule has 2 N–H and O–H groups in total. The standard InChI is InChI=1S/C20H30N4O2/c1-4-23-9-5-6-18(23)12-21-20(26)22-16-11-19(25)24(13-16)17-8-7-14(2)15(3)10-17/h7-8,10,16,18H,4-6,9,11-13H2,1-3H3,(H2,21,22,26)/t16-,18-/m1/s1. The van der Waals surface area contributed by atoms with E-state index in [1.165, 1.54) is 17.5 Å². The van der Waals surface area contributed by atoms with E-state index in [0.717, 1.165) is 25.2 Å². The number of benzene rings is 1. The van der Waals surface area contributed by atoms with Gasteiger partial charge >= 0.3 is 6.03 Å². The van der Waals surface area contributed by atoms with Gasteiger partial charge in [0.25, 0.3) is 0 Å². The highest BCUT2D eigenvalue weighted by Gasteiger charge is 2.32. The molecular formula is C20H30N4O2. The van der Waals surface area contributed by atoms with Crippen molar-refractivity contribution in [3.63, 3.8) is 0 Å². The maximum Gasteiger partial charge on any atom is 0.315 e. The summed E-state index contributed by atoms with van der Waals surface area (Å²) in [4.78, 5) is 28.8. The number of likely N-dealkylation sites (N-methyl/N-ethyl adjacent to an activating group) is 1. The van der Waals surface area contributed by atoms with Gasteiger partial charge in [-0.3, -0.25) is 9.69 Å². The summed E-state index contributed by atoms with van der Waals surface area (Å²) in [6.45, 7) is 9.60. The fourth-order valence-electron chi connectivity index (χ4n) is 3.94. The van der Waals surface area contributed by atoms with Gasteiger partial charge in [-0.2, -0.15) is 0 Å². The number of anilines is 1. The monoisotopic (exact) mass is 358 g/mol. The minimum Gasteiger partial charge on any atom is -0.337 e. The third-order valence-electron chi connectivity index (χ3n) is 5.67. The lowest BCUT2D eigenvalue weighted by molar-refractivity contribution is -0.117. The van der Waals surface area contributed by atoms with Crippen molar-refractivity contribution in [3.8, 4) is 0 Å². The molecule has 1 aromatic rings. The van der Waals surface area contributed by atoms with Crippen LogP contribution in [0.2, 0.25) is 0 Å². The van der Waals surface area contributed by atoms with Crippen LogP contribution in [0.5, 0.6) is 0 Å². The molecule has 2 atom stereocenters. The van der Waals surface area contributed by atoms with Crippen molar-refractivity contribution in [3.05, 3.63) is 29.3 Å². The maximum absolute atomic E-state index is 12.4. The van der Waals surface area contributed by atoms with E-state index in [-0.39, 0.29) is 18.0 Å². The van der Waals surface area contributed by atoms with E-state index < -0.39 is 0 Å². The zero-order chi connectivity index (χ0) is 18.7. The summed E-state index contributed by atoms with van der Waals surface area (Å²) >= 11 is 0. The third kappa shape index (κ3) is 4.18. The molecule has 2 saturated heterocycles. The fraction of sp³-hybridized carbons (Fsp3) is 0.600. The van der Waals surface area contributed by atoms with Gasteiger partial charge < -0.3 is 15.5 Å². The highest BCUT2D eigenvalue weighted by atomic mass is 16.2. The van der Waals surface area contributed by atoms with Crippen molar-refractivity contribution < 1.29 is 9.59 Å². The molecule has 1 aromatic carbocycles. The molecule has 0 bridgehead atoms. The molecule has 6 heteroatoms. The normalized spacial score (nSPS) is 23.5. The number of carbonyl (C=O) groups is 2. The zero-order valence-electron chi connectivity index (χ0n) is 16.0. The number of nitrogens with zero attached hydrogens (tertiary/aromatic N) is 2. The molecule has 0 saturated carbocycles. The SMILES string of the molecule is CCN1CCC[C@@H]1CNC(=O)N[C@@H]1CC(=O)N(c2ccc(C)c(C)c2)C1. The number of hydrogen-bond donors (Lipinski definition) is 2. The predicted molar refractivity (Wildman–Crippen MR) is 103 cm³/mol. The van der Waals surface area contributed by atoms with Gasteiger partial charge in [0, 0.05) is 31.2 Å². The number of rotatable bonds is 5. The van der Waals surface area contributed by atoms with Crippen molar-refractivity contribution in [2.75, 3.05) is 31.1 Å². The summed E-state index contributed by atoms with van der Waals surface area (Å²) in [6, 6.07) is 6.16. The summed E-state index contributed by atoms with van der Waals surface area (Å²) in [7, 11) is 0. The second-order valence-corrected chi connectivity index (χ2v) is 7.45. The van der Waals surface area contributed by atoms with Crippen molar-refractivity contribution in [1.82, 2.24) is 15.5 Å². The predicted octanol–water partition coefficient (Wildman–Crippen LogP) is 2.19. The molecule has 2 fully saturated rings. The summed E-state index contributed by atoms with van der Waals surface area (Å²) in [6.07, 6.45) is 2.69. The summed E-state index contributed by atoms with van der Waals surface area (Å²) in [5.41, 5.74) is 3.29. The Kier molecular flexibility index (Phi) is 5.81. The number of carbonyl (C=O) groups excluding carboxylic acids is 2. The van der Waals surface area contributed by atoms with Crippen LogP contribution in [-0.2, 0) is 4.79 Å². The molecule has 3 amide bonds.